The van der Waals surface area contributed by atoms with Crippen LogP contribution in [0.2, 0.25) is 0 Å². The van der Waals surface area contributed by atoms with Crippen molar-refractivity contribution >= 4 is 17.1 Å². The van der Waals surface area contributed by atoms with E-state index in [1.165, 1.54) is 35.9 Å². The molecular weight excluding hydrogens is 326 g/mol. The average molecular weight is 343 g/mol. The predicted molar refractivity (Wildman–Crippen MR) is 89.0 cm³/mol. The number of aromatic nitrogens is 6. The molecule has 10 nitrogen and oxygen atoms in total. The highest BCUT2D eigenvalue weighted by molar-refractivity contribution is 5.78. The molecule has 0 atom stereocenters. The Morgan fingerprint density at radius 1 is 1.16 bits per heavy atom. The predicted octanol–water partition coefficient (Wildman–Crippen LogP) is -1.42. The lowest BCUT2D eigenvalue weighted by Crippen LogP contribution is -2.38. The van der Waals surface area contributed by atoms with Gasteiger partial charge >= 0.3 is 5.69 Å². The van der Waals surface area contributed by atoms with Gasteiger partial charge in [0.1, 0.15) is 12.9 Å². The Morgan fingerprint density at radius 2 is 1.88 bits per heavy atom. The Labute approximate surface area is 141 Å². The third kappa shape index (κ3) is 3.18. The highest BCUT2D eigenvalue weighted by Crippen LogP contribution is 2.05. The second-order valence-electron chi connectivity index (χ2n) is 5.60. The third-order valence-corrected chi connectivity index (χ3v) is 3.88. The second-order valence-corrected chi connectivity index (χ2v) is 5.60. The number of fused-ring (bicyclic) bond motifs is 1. The van der Waals surface area contributed by atoms with Gasteiger partial charge < -0.3 is 9.88 Å². The zero-order chi connectivity index (χ0) is 18.0. The normalized spacial score (nSPS) is 11.0. The molecule has 10 heteroatoms. The standard InChI is InChI=1S/C15H17N7O3/c1-20-13-12(14(24)21(2)15(20)25)22(9-19-13)7-11(23)18-4-3-10-5-16-8-17-6-10/h5-6,8-9H,3-4,7H2,1-2H3,(H,18,23). The highest BCUT2D eigenvalue weighted by Gasteiger charge is 2.15. The van der Waals surface area contributed by atoms with Gasteiger partial charge in [-0.25, -0.2) is 19.7 Å². The fourth-order valence-electron chi connectivity index (χ4n) is 2.53. The van der Waals surface area contributed by atoms with Crippen LogP contribution in [0.15, 0.2) is 34.6 Å². The summed E-state index contributed by atoms with van der Waals surface area (Å²) >= 11 is 0. The zero-order valence-corrected chi connectivity index (χ0v) is 13.8. The molecule has 1 amide bonds. The van der Waals surface area contributed by atoms with Gasteiger partial charge in [0.25, 0.3) is 5.56 Å². The first kappa shape index (κ1) is 16.6. The van der Waals surface area contributed by atoms with Crippen molar-refractivity contribution in [2.24, 2.45) is 14.1 Å². The lowest BCUT2D eigenvalue weighted by Gasteiger charge is -2.08. The van der Waals surface area contributed by atoms with E-state index in [-0.39, 0.29) is 23.6 Å². The lowest BCUT2D eigenvalue weighted by atomic mass is 10.2. The number of nitrogens with zero attached hydrogens (tertiary/aromatic N) is 6. The number of imidazole rings is 1. The van der Waals surface area contributed by atoms with E-state index in [0.29, 0.717) is 13.0 Å². The van der Waals surface area contributed by atoms with Crippen molar-refractivity contribution in [2.75, 3.05) is 6.54 Å². The van der Waals surface area contributed by atoms with Crippen LogP contribution in [-0.4, -0.2) is 41.1 Å². The molecule has 3 aromatic heterocycles. The smallest absolute Gasteiger partial charge is 0.332 e. The van der Waals surface area contributed by atoms with E-state index in [1.807, 2.05) is 0 Å². The second kappa shape index (κ2) is 6.67. The molecule has 0 saturated carbocycles. The van der Waals surface area contributed by atoms with Crippen molar-refractivity contribution in [2.45, 2.75) is 13.0 Å². The molecular formula is C15H17N7O3. The molecule has 3 heterocycles. The van der Waals surface area contributed by atoms with Gasteiger partial charge in [0, 0.05) is 33.0 Å². The Morgan fingerprint density at radius 3 is 2.60 bits per heavy atom. The van der Waals surface area contributed by atoms with Gasteiger partial charge in [-0.2, -0.15) is 0 Å². The van der Waals surface area contributed by atoms with Crippen LogP contribution in [0.5, 0.6) is 0 Å². The molecule has 0 aliphatic heterocycles. The van der Waals surface area contributed by atoms with Crippen molar-refractivity contribution in [1.82, 2.24) is 34.0 Å². The van der Waals surface area contributed by atoms with E-state index in [2.05, 4.69) is 20.3 Å². The molecule has 3 aromatic rings. The molecule has 3 rings (SSSR count). The molecule has 130 valence electrons. The quantitative estimate of drug-likeness (QED) is 0.608. The van der Waals surface area contributed by atoms with Crippen LogP contribution >= 0.6 is 0 Å². The molecule has 0 unspecified atom stereocenters. The summed E-state index contributed by atoms with van der Waals surface area (Å²) in [6, 6.07) is 0. The number of carbonyl (C=O) groups excluding carboxylic acids is 1. The van der Waals surface area contributed by atoms with Crippen LogP contribution in [-0.2, 0) is 31.9 Å². The maximum absolute atomic E-state index is 12.3. The number of hydrogen-bond donors (Lipinski definition) is 1. The van der Waals surface area contributed by atoms with Gasteiger partial charge in [0.15, 0.2) is 11.2 Å². The van der Waals surface area contributed by atoms with Crippen molar-refractivity contribution in [3.8, 4) is 0 Å². The van der Waals surface area contributed by atoms with Crippen LogP contribution in [0.3, 0.4) is 0 Å². The first-order valence-electron chi connectivity index (χ1n) is 7.60. The summed E-state index contributed by atoms with van der Waals surface area (Å²) in [7, 11) is 2.92. The Balaban J connectivity index is 1.74. The topological polar surface area (TPSA) is 117 Å². The van der Waals surface area contributed by atoms with Crippen molar-refractivity contribution in [3.63, 3.8) is 0 Å². The molecule has 0 radical (unpaired) electrons. The van der Waals surface area contributed by atoms with Crippen LogP contribution < -0.4 is 16.6 Å². The van der Waals surface area contributed by atoms with E-state index in [9.17, 15) is 14.4 Å². The van der Waals surface area contributed by atoms with E-state index >= 15 is 0 Å². The fourth-order valence-corrected chi connectivity index (χ4v) is 2.53. The number of aryl methyl sites for hydroxylation is 1. The van der Waals surface area contributed by atoms with E-state index in [1.54, 1.807) is 12.4 Å². The highest BCUT2D eigenvalue weighted by atomic mass is 16.2. The van der Waals surface area contributed by atoms with Gasteiger partial charge in [0.2, 0.25) is 5.91 Å². The molecule has 0 aromatic carbocycles. The van der Waals surface area contributed by atoms with E-state index in [4.69, 9.17) is 0 Å². The lowest BCUT2D eigenvalue weighted by molar-refractivity contribution is -0.121. The Bertz CT molecular complexity index is 1030. The largest absolute Gasteiger partial charge is 0.354 e. The molecule has 0 aliphatic carbocycles. The van der Waals surface area contributed by atoms with Gasteiger partial charge in [-0.05, 0) is 12.0 Å². The summed E-state index contributed by atoms with van der Waals surface area (Å²) in [5.74, 6) is -0.257. The number of amides is 1. The van der Waals surface area contributed by atoms with Crippen molar-refractivity contribution in [1.29, 1.82) is 0 Å². The fraction of sp³-hybridized carbons (Fsp3) is 0.333. The summed E-state index contributed by atoms with van der Waals surface area (Å²) in [5, 5.41) is 2.77. The molecule has 0 saturated heterocycles. The molecule has 1 N–H and O–H groups in total. The zero-order valence-electron chi connectivity index (χ0n) is 13.8. The SMILES string of the molecule is Cn1c(=O)c2c(ncn2CC(=O)NCCc2cncnc2)n(C)c1=O. The summed E-state index contributed by atoms with van der Waals surface area (Å²) in [5.41, 5.74) is 0.445. The third-order valence-electron chi connectivity index (χ3n) is 3.88. The number of hydrogen-bond acceptors (Lipinski definition) is 6. The first-order chi connectivity index (χ1) is 12.0. The average Bonchev–Trinajstić information content (AvgIpc) is 3.02. The maximum atomic E-state index is 12.3. The van der Waals surface area contributed by atoms with E-state index in [0.717, 1.165) is 10.1 Å². The minimum atomic E-state index is -0.482. The number of rotatable bonds is 5. The van der Waals surface area contributed by atoms with Crippen molar-refractivity contribution < 1.29 is 4.79 Å². The van der Waals surface area contributed by atoms with Crippen LogP contribution in [0.1, 0.15) is 5.56 Å². The van der Waals surface area contributed by atoms with E-state index < -0.39 is 11.2 Å². The molecule has 0 bridgehead atoms. The van der Waals surface area contributed by atoms with Gasteiger partial charge in [-0.15, -0.1) is 0 Å². The molecule has 0 fully saturated rings. The Hall–Kier alpha value is -3.30. The maximum Gasteiger partial charge on any atom is 0.332 e. The van der Waals surface area contributed by atoms with Crippen LogP contribution in [0, 0.1) is 0 Å². The summed E-state index contributed by atoms with van der Waals surface area (Å²) < 4.78 is 3.71. The van der Waals surface area contributed by atoms with Crippen molar-refractivity contribution in [3.05, 3.63) is 51.4 Å². The number of nitrogens with one attached hydrogen (secondary N) is 1. The molecule has 0 spiro atoms. The van der Waals surface area contributed by atoms with Gasteiger partial charge in [-0.1, -0.05) is 0 Å². The van der Waals surface area contributed by atoms with Gasteiger partial charge in [0.05, 0.1) is 6.33 Å². The molecule has 0 aliphatic rings. The first-order valence-corrected chi connectivity index (χ1v) is 7.60. The Kier molecular flexibility index (Phi) is 4.42. The van der Waals surface area contributed by atoms with Gasteiger partial charge in [-0.3, -0.25) is 18.7 Å². The summed E-state index contributed by atoms with van der Waals surface area (Å²) in [4.78, 5) is 48.2. The monoisotopic (exact) mass is 343 g/mol. The van der Waals surface area contributed by atoms with Crippen LogP contribution in [0.4, 0.5) is 0 Å². The molecule has 25 heavy (non-hydrogen) atoms. The minimum Gasteiger partial charge on any atom is -0.354 e. The minimum absolute atomic E-state index is 0.0603. The van der Waals surface area contributed by atoms with Crippen LogP contribution in [0.25, 0.3) is 11.2 Å². The summed E-state index contributed by atoms with van der Waals surface area (Å²) in [6.45, 7) is 0.366. The number of carbonyl (C=O) groups is 1. The summed E-state index contributed by atoms with van der Waals surface area (Å²) in [6.07, 6.45) is 6.81.